The van der Waals surface area contributed by atoms with Crippen molar-refractivity contribution in [3.63, 3.8) is 0 Å². The van der Waals surface area contributed by atoms with Gasteiger partial charge in [-0.1, -0.05) is 48.7 Å². The number of benzene rings is 1. The molecule has 0 spiro atoms. The highest BCUT2D eigenvalue weighted by Crippen LogP contribution is 2.32. The molecule has 1 saturated carbocycles. The second-order valence-electron chi connectivity index (χ2n) is 5.96. The summed E-state index contributed by atoms with van der Waals surface area (Å²) in [4.78, 5) is 2.56. The Hall–Kier alpha value is -0.280. The number of hydrogen-bond acceptors (Lipinski definition) is 2. The molecular weight excluding hydrogens is 303 g/mol. The molecule has 4 heteroatoms. The first-order valence-corrected chi connectivity index (χ1v) is 8.74. The van der Waals surface area contributed by atoms with Crippen LogP contribution in [0, 0.1) is 5.92 Å². The third-order valence-corrected chi connectivity index (χ3v) is 5.46. The maximum Gasteiger partial charge on any atom is 0.0640 e. The summed E-state index contributed by atoms with van der Waals surface area (Å²) in [7, 11) is 1.99. The summed E-state index contributed by atoms with van der Waals surface area (Å²) in [5.74, 6) is 0.924. The summed E-state index contributed by atoms with van der Waals surface area (Å²) < 4.78 is 0. The Morgan fingerprint density at radius 2 is 2.10 bits per heavy atom. The molecule has 1 aromatic rings. The summed E-state index contributed by atoms with van der Waals surface area (Å²) in [6.45, 7) is 5.72. The smallest absolute Gasteiger partial charge is 0.0640 e. The zero-order valence-corrected chi connectivity index (χ0v) is 14.6. The van der Waals surface area contributed by atoms with Crippen molar-refractivity contribution >= 4 is 23.2 Å². The zero-order valence-electron chi connectivity index (χ0n) is 13.0. The predicted molar refractivity (Wildman–Crippen MR) is 92.3 cm³/mol. The van der Waals surface area contributed by atoms with Crippen LogP contribution in [-0.4, -0.2) is 31.6 Å². The van der Waals surface area contributed by atoms with E-state index in [2.05, 4.69) is 23.2 Å². The Morgan fingerprint density at radius 1 is 1.33 bits per heavy atom. The van der Waals surface area contributed by atoms with Crippen molar-refractivity contribution in [3.8, 4) is 0 Å². The third kappa shape index (κ3) is 4.59. The lowest BCUT2D eigenvalue weighted by Crippen LogP contribution is -2.34. The lowest BCUT2D eigenvalue weighted by atomic mass is 9.85. The molecule has 1 atom stereocenters. The fraction of sp³-hybridized carbons (Fsp3) is 0.647. The van der Waals surface area contributed by atoms with Gasteiger partial charge in [0, 0.05) is 12.6 Å². The van der Waals surface area contributed by atoms with Crippen molar-refractivity contribution in [2.45, 2.75) is 38.6 Å². The molecule has 2 rings (SSSR count). The van der Waals surface area contributed by atoms with Crippen molar-refractivity contribution in [2.75, 3.05) is 26.7 Å². The average Bonchev–Trinajstić information content (AvgIpc) is 2.45. The maximum absolute atomic E-state index is 6.35. The molecule has 2 nitrogen and oxygen atoms in total. The normalized spacial score (nSPS) is 17.0. The molecule has 0 amide bonds. The molecule has 1 N–H and O–H groups in total. The van der Waals surface area contributed by atoms with Crippen LogP contribution in [0.15, 0.2) is 18.2 Å². The summed E-state index contributed by atoms with van der Waals surface area (Å²) >= 11 is 12.5. The van der Waals surface area contributed by atoms with Crippen molar-refractivity contribution < 1.29 is 0 Å². The minimum atomic E-state index is 0.256. The molecule has 1 aliphatic carbocycles. The first-order chi connectivity index (χ1) is 10.2. The van der Waals surface area contributed by atoms with Crippen LogP contribution in [0.3, 0.4) is 0 Å². The van der Waals surface area contributed by atoms with Gasteiger partial charge >= 0.3 is 0 Å². The van der Waals surface area contributed by atoms with Gasteiger partial charge in [0.2, 0.25) is 0 Å². The van der Waals surface area contributed by atoms with E-state index in [0.717, 1.165) is 31.0 Å². The highest BCUT2D eigenvalue weighted by atomic mass is 35.5. The van der Waals surface area contributed by atoms with E-state index < -0.39 is 0 Å². The molecular formula is C17H26Cl2N2. The summed E-state index contributed by atoms with van der Waals surface area (Å²) in [6, 6.07) is 6.14. The van der Waals surface area contributed by atoms with Crippen LogP contribution in [0.25, 0.3) is 0 Å². The average molecular weight is 329 g/mol. The molecule has 0 saturated heterocycles. The van der Waals surface area contributed by atoms with E-state index in [1.54, 1.807) is 0 Å². The van der Waals surface area contributed by atoms with Gasteiger partial charge in [0.05, 0.1) is 10.0 Å². The third-order valence-electron chi connectivity index (χ3n) is 4.63. The minimum Gasteiger partial charge on any atom is -0.313 e. The Labute approximate surface area is 138 Å². The number of hydrogen-bond donors (Lipinski definition) is 1. The van der Waals surface area contributed by atoms with E-state index in [-0.39, 0.29) is 6.04 Å². The maximum atomic E-state index is 6.35. The van der Waals surface area contributed by atoms with E-state index in [1.165, 1.54) is 25.8 Å². The van der Waals surface area contributed by atoms with Gasteiger partial charge in [0.15, 0.2) is 0 Å². The van der Waals surface area contributed by atoms with Crippen LogP contribution in [0.5, 0.6) is 0 Å². The van der Waals surface area contributed by atoms with Crippen LogP contribution in [0.1, 0.15) is 44.2 Å². The Bertz CT molecular complexity index is 446. The first-order valence-electron chi connectivity index (χ1n) is 7.99. The predicted octanol–water partition coefficient (Wildman–Crippen LogP) is 4.77. The number of nitrogens with one attached hydrogen (secondary N) is 1. The molecule has 1 aliphatic rings. The molecule has 0 aliphatic heterocycles. The quantitative estimate of drug-likeness (QED) is 0.739. The molecule has 0 bridgehead atoms. The molecule has 0 heterocycles. The van der Waals surface area contributed by atoms with Gasteiger partial charge in [-0.05, 0) is 56.9 Å². The Kier molecular flexibility index (Phi) is 6.81. The van der Waals surface area contributed by atoms with Crippen LogP contribution in [-0.2, 0) is 0 Å². The monoisotopic (exact) mass is 328 g/mol. The lowest BCUT2D eigenvalue weighted by Gasteiger charge is -2.32. The second-order valence-corrected chi connectivity index (χ2v) is 6.75. The van der Waals surface area contributed by atoms with Crippen LogP contribution in [0.2, 0.25) is 10.0 Å². The van der Waals surface area contributed by atoms with Crippen molar-refractivity contribution in [1.82, 2.24) is 10.2 Å². The SMILES string of the molecule is CCN(CCC(NC)c1cccc(Cl)c1Cl)CC1CCC1. The summed E-state index contributed by atoms with van der Waals surface area (Å²) in [5, 5.41) is 4.69. The van der Waals surface area contributed by atoms with Gasteiger partial charge in [-0.25, -0.2) is 0 Å². The largest absolute Gasteiger partial charge is 0.313 e. The van der Waals surface area contributed by atoms with E-state index in [0.29, 0.717) is 10.0 Å². The first kappa shape index (κ1) is 17.1. The zero-order chi connectivity index (χ0) is 15.2. The van der Waals surface area contributed by atoms with Crippen LogP contribution < -0.4 is 5.32 Å². The van der Waals surface area contributed by atoms with Gasteiger partial charge in [-0.3, -0.25) is 0 Å². The van der Waals surface area contributed by atoms with Crippen molar-refractivity contribution in [3.05, 3.63) is 33.8 Å². The summed E-state index contributed by atoms with van der Waals surface area (Å²) in [6.07, 6.45) is 5.29. The number of rotatable bonds is 8. The van der Waals surface area contributed by atoms with E-state index >= 15 is 0 Å². The molecule has 1 aromatic carbocycles. The van der Waals surface area contributed by atoms with E-state index in [1.807, 2.05) is 19.2 Å². The highest BCUT2D eigenvalue weighted by Gasteiger charge is 2.21. The lowest BCUT2D eigenvalue weighted by molar-refractivity contribution is 0.178. The van der Waals surface area contributed by atoms with Gasteiger partial charge in [0.25, 0.3) is 0 Å². The summed E-state index contributed by atoms with van der Waals surface area (Å²) in [5.41, 5.74) is 1.10. The highest BCUT2D eigenvalue weighted by molar-refractivity contribution is 6.42. The van der Waals surface area contributed by atoms with Crippen LogP contribution in [0.4, 0.5) is 0 Å². The standard InChI is InChI=1S/C17H26Cl2N2/c1-3-21(12-13-6-4-7-13)11-10-16(20-2)14-8-5-9-15(18)17(14)19/h5,8-9,13,16,20H,3-4,6-7,10-12H2,1-2H3. The topological polar surface area (TPSA) is 15.3 Å². The van der Waals surface area contributed by atoms with Gasteiger partial charge < -0.3 is 10.2 Å². The molecule has 1 fully saturated rings. The number of nitrogens with zero attached hydrogens (tertiary/aromatic N) is 1. The second kappa shape index (κ2) is 8.38. The van der Waals surface area contributed by atoms with Gasteiger partial charge in [0.1, 0.15) is 0 Å². The fourth-order valence-electron chi connectivity index (χ4n) is 2.98. The van der Waals surface area contributed by atoms with Gasteiger partial charge in [-0.2, -0.15) is 0 Å². The van der Waals surface area contributed by atoms with E-state index in [4.69, 9.17) is 23.2 Å². The Balaban J connectivity index is 1.93. The van der Waals surface area contributed by atoms with Gasteiger partial charge in [-0.15, -0.1) is 0 Å². The van der Waals surface area contributed by atoms with Crippen LogP contribution >= 0.6 is 23.2 Å². The van der Waals surface area contributed by atoms with Crippen molar-refractivity contribution in [2.24, 2.45) is 5.92 Å². The van der Waals surface area contributed by atoms with E-state index in [9.17, 15) is 0 Å². The fourth-order valence-corrected chi connectivity index (χ4v) is 3.42. The molecule has 0 radical (unpaired) electrons. The molecule has 1 unspecified atom stereocenters. The molecule has 118 valence electrons. The molecule has 0 aromatic heterocycles. The minimum absolute atomic E-state index is 0.256. The molecule has 21 heavy (non-hydrogen) atoms. The number of halogens is 2. The van der Waals surface area contributed by atoms with Crippen molar-refractivity contribution in [1.29, 1.82) is 0 Å². The Morgan fingerprint density at radius 3 is 2.67 bits per heavy atom.